The van der Waals surface area contributed by atoms with Gasteiger partial charge in [0.05, 0.1) is 24.0 Å². The number of thioether (sulfide) groups is 1. The lowest BCUT2D eigenvalue weighted by Crippen LogP contribution is -2.49. The SMILES string of the molecule is COc1ccc([C@@H]2C[C@@H](SCCc3ccccc3)[C@H](C(=O)O)CN2S(=O)(=O)c2ccc(C)cc2)cc1. The van der Waals surface area contributed by atoms with Crippen molar-refractivity contribution in [2.45, 2.75) is 36.0 Å². The highest BCUT2D eigenvalue weighted by Gasteiger charge is 2.45. The molecular weight excluding hydrogens is 494 g/mol. The molecule has 0 radical (unpaired) electrons. The average molecular weight is 526 g/mol. The molecule has 1 aliphatic rings. The van der Waals surface area contributed by atoms with Crippen LogP contribution in [0.25, 0.3) is 0 Å². The predicted molar refractivity (Wildman–Crippen MR) is 143 cm³/mol. The van der Waals surface area contributed by atoms with Gasteiger partial charge in [0.1, 0.15) is 5.75 Å². The van der Waals surface area contributed by atoms with Crippen LogP contribution in [0.3, 0.4) is 0 Å². The van der Waals surface area contributed by atoms with Gasteiger partial charge in [-0.2, -0.15) is 16.1 Å². The molecular formula is C28H31NO5S2. The van der Waals surface area contributed by atoms with Gasteiger partial charge in [-0.15, -0.1) is 0 Å². The van der Waals surface area contributed by atoms with Crippen LogP contribution in [0, 0.1) is 12.8 Å². The van der Waals surface area contributed by atoms with Gasteiger partial charge in [0.2, 0.25) is 10.0 Å². The molecule has 0 saturated carbocycles. The molecule has 0 amide bonds. The number of rotatable bonds is 9. The van der Waals surface area contributed by atoms with E-state index in [2.05, 4.69) is 12.1 Å². The average Bonchev–Trinajstić information content (AvgIpc) is 2.89. The molecule has 190 valence electrons. The first-order valence-electron chi connectivity index (χ1n) is 11.9. The van der Waals surface area contributed by atoms with Crippen molar-refractivity contribution >= 4 is 27.8 Å². The third kappa shape index (κ3) is 5.94. The summed E-state index contributed by atoms with van der Waals surface area (Å²) in [6.07, 6.45) is 1.24. The number of carboxylic acid groups (broad SMARTS) is 1. The van der Waals surface area contributed by atoms with E-state index in [1.165, 1.54) is 9.87 Å². The zero-order valence-corrected chi connectivity index (χ0v) is 22.0. The Kier molecular flexibility index (Phi) is 8.39. The monoisotopic (exact) mass is 525 g/mol. The highest BCUT2D eigenvalue weighted by atomic mass is 32.2. The third-order valence-corrected chi connectivity index (χ3v) is 9.92. The Morgan fingerprint density at radius 1 is 1.03 bits per heavy atom. The summed E-state index contributed by atoms with van der Waals surface area (Å²) in [6, 6.07) is 23.7. The molecule has 6 nitrogen and oxygen atoms in total. The van der Waals surface area contributed by atoms with Crippen molar-refractivity contribution in [1.82, 2.24) is 4.31 Å². The third-order valence-electron chi connectivity index (χ3n) is 6.64. The van der Waals surface area contributed by atoms with Crippen molar-refractivity contribution in [2.24, 2.45) is 5.92 Å². The molecule has 1 N–H and O–H groups in total. The Hall–Kier alpha value is -2.81. The van der Waals surface area contributed by atoms with Crippen LogP contribution in [0.1, 0.15) is 29.2 Å². The number of piperidine rings is 1. The highest BCUT2D eigenvalue weighted by molar-refractivity contribution is 7.99. The van der Waals surface area contributed by atoms with Crippen LogP contribution >= 0.6 is 11.8 Å². The van der Waals surface area contributed by atoms with Crippen LogP contribution in [-0.2, 0) is 21.2 Å². The number of carbonyl (C=O) groups is 1. The number of hydrogen-bond acceptors (Lipinski definition) is 5. The molecule has 8 heteroatoms. The molecule has 3 atom stereocenters. The van der Waals surface area contributed by atoms with Gasteiger partial charge in [0.15, 0.2) is 0 Å². The molecule has 0 spiro atoms. The molecule has 0 aliphatic carbocycles. The Morgan fingerprint density at radius 2 is 1.69 bits per heavy atom. The molecule has 3 aromatic carbocycles. The van der Waals surface area contributed by atoms with Gasteiger partial charge in [-0.3, -0.25) is 4.79 Å². The molecule has 1 heterocycles. The zero-order valence-electron chi connectivity index (χ0n) is 20.4. The number of aliphatic carboxylic acids is 1. The number of carboxylic acids is 1. The van der Waals surface area contributed by atoms with E-state index in [0.29, 0.717) is 12.2 Å². The lowest BCUT2D eigenvalue weighted by Gasteiger charge is -2.41. The second-order valence-corrected chi connectivity index (χ2v) is 12.2. The summed E-state index contributed by atoms with van der Waals surface area (Å²) in [5, 5.41) is 9.87. The minimum atomic E-state index is -3.92. The maximum Gasteiger partial charge on any atom is 0.308 e. The molecule has 36 heavy (non-hydrogen) atoms. The van der Waals surface area contributed by atoms with Gasteiger partial charge in [-0.25, -0.2) is 8.42 Å². The van der Waals surface area contributed by atoms with Crippen LogP contribution in [0.15, 0.2) is 83.8 Å². The summed E-state index contributed by atoms with van der Waals surface area (Å²) in [4.78, 5) is 12.5. The van der Waals surface area contributed by atoms with Gasteiger partial charge in [-0.1, -0.05) is 60.2 Å². The summed E-state index contributed by atoms with van der Waals surface area (Å²) in [7, 11) is -2.33. The normalized spacial score (nSPS) is 20.7. The van der Waals surface area contributed by atoms with E-state index in [4.69, 9.17) is 4.74 Å². The Bertz CT molecular complexity index is 1260. The van der Waals surface area contributed by atoms with E-state index in [1.54, 1.807) is 43.1 Å². The van der Waals surface area contributed by atoms with E-state index in [9.17, 15) is 18.3 Å². The van der Waals surface area contributed by atoms with Crippen molar-refractivity contribution in [1.29, 1.82) is 0 Å². The van der Waals surface area contributed by atoms with Crippen LogP contribution in [0.5, 0.6) is 5.75 Å². The number of sulfonamides is 1. The Labute approximate surface area is 217 Å². The lowest BCUT2D eigenvalue weighted by molar-refractivity contribution is -0.143. The van der Waals surface area contributed by atoms with Crippen molar-refractivity contribution < 1.29 is 23.1 Å². The first-order chi connectivity index (χ1) is 17.3. The van der Waals surface area contributed by atoms with Crippen molar-refractivity contribution in [3.63, 3.8) is 0 Å². The second-order valence-electron chi connectivity index (χ2n) is 9.00. The van der Waals surface area contributed by atoms with Gasteiger partial charge in [-0.05, 0) is 60.9 Å². The topological polar surface area (TPSA) is 83.9 Å². The number of nitrogens with zero attached hydrogens (tertiary/aromatic N) is 1. The van der Waals surface area contributed by atoms with Crippen LogP contribution in [0.2, 0.25) is 0 Å². The van der Waals surface area contributed by atoms with E-state index in [1.807, 2.05) is 49.4 Å². The lowest BCUT2D eigenvalue weighted by atomic mass is 9.90. The predicted octanol–water partition coefficient (Wildman–Crippen LogP) is 5.18. The largest absolute Gasteiger partial charge is 0.497 e. The zero-order chi connectivity index (χ0) is 25.7. The maximum atomic E-state index is 13.8. The van der Waals surface area contributed by atoms with E-state index in [0.717, 1.165) is 23.3 Å². The molecule has 1 saturated heterocycles. The van der Waals surface area contributed by atoms with E-state index in [-0.39, 0.29) is 16.7 Å². The van der Waals surface area contributed by atoms with Crippen LogP contribution < -0.4 is 4.74 Å². The van der Waals surface area contributed by atoms with Gasteiger partial charge in [0.25, 0.3) is 0 Å². The molecule has 4 rings (SSSR count). The summed E-state index contributed by atoms with van der Waals surface area (Å²) in [6.45, 7) is 1.82. The standard InChI is InChI=1S/C28H31NO5S2/c1-20-8-14-24(15-9-20)36(32,33)29-19-25(28(30)31)27(35-17-16-21-6-4-3-5-7-21)18-26(29)22-10-12-23(34-2)13-11-22/h3-15,25-27H,16-19H2,1-2H3,(H,30,31)/t25-,26+,27-/m1/s1. The highest BCUT2D eigenvalue weighted by Crippen LogP contribution is 2.42. The fourth-order valence-corrected chi connectivity index (χ4v) is 7.63. The fourth-order valence-electron chi connectivity index (χ4n) is 4.57. The molecule has 1 fully saturated rings. The molecule has 0 aromatic heterocycles. The summed E-state index contributed by atoms with van der Waals surface area (Å²) >= 11 is 1.62. The number of methoxy groups -OCH3 is 1. The minimum absolute atomic E-state index is 0.0781. The van der Waals surface area contributed by atoms with Crippen molar-refractivity contribution in [3.8, 4) is 5.75 Å². The first-order valence-corrected chi connectivity index (χ1v) is 14.4. The van der Waals surface area contributed by atoms with Crippen molar-refractivity contribution in [3.05, 3.63) is 95.6 Å². The molecule has 1 aliphatic heterocycles. The number of aryl methyl sites for hydroxylation is 2. The Balaban J connectivity index is 1.65. The smallest absolute Gasteiger partial charge is 0.308 e. The van der Waals surface area contributed by atoms with E-state index >= 15 is 0 Å². The first kappa shape index (κ1) is 26.3. The second kappa shape index (κ2) is 11.5. The van der Waals surface area contributed by atoms with Crippen LogP contribution in [0.4, 0.5) is 0 Å². The molecule has 0 bridgehead atoms. The number of hydrogen-bond donors (Lipinski definition) is 1. The quantitative estimate of drug-likeness (QED) is 0.414. The van der Waals surface area contributed by atoms with Crippen LogP contribution in [-0.4, -0.2) is 48.5 Å². The number of ether oxygens (including phenoxy) is 1. The minimum Gasteiger partial charge on any atom is -0.497 e. The van der Waals surface area contributed by atoms with Gasteiger partial charge >= 0.3 is 5.97 Å². The van der Waals surface area contributed by atoms with Gasteiger partial charge in [0, 0.05) is 11.8 Å². The number of benzene rings is 3. The summed E-state index contributed by atoms with van der Waals surface area (Å²) in [5.41, 5.74) is 2.98. The summed E-state index contributed by atoms with van der Waals surface area (Å²) < 4.78 is 34.2. The van der Waals surface area contributed by atoms with Crippen molar-refractivity contribution in [2.75, 3.05) is 19.4 Å². The maximum absolute atomic E-state index is 13.8. The summed E-state index contributed by atoms with van der Waals surface area (Å²) in [5.74, 6) is -0.330. The fraction of sp³-hybridized carbons (Fsp3) is 0.321. The van der Waals surface area contributed by atoms with Gasteiger partial charge < -0.3 is 9.84 Å². The molecule has 0 unspecified atom stereocenters. The van der Waals surface area contributed by atoms with E-state index < -0.39 is 28.0 Å². The molecule has 3 aromatic rings. The Morgan fingerprint density at radius 3 is 2.31 bits per heavy atom.